The second-order valence-corrected chi connectivity index (χ2v) is 7.12. The largest absolute Gasteiger partial charge is 0.480 e. The summed E-state index contributed by atoms with van der Waals surface area (Å²) >= 11 is 0. The molecule has 0 radical (unpaired) electrons. The predicted molar refractivity (Wildman–Crippen MR) is 72.7 cm³/mol. The highest BCUT2D eigenvalue weighted by molar-refractivity contribution is 7.90. The summed E-state index contributed by atoms with van der Waals surface area (Å²) in [5.41, 5.74) is 0. The fourth-order valence-electron chi connectivity index (χ4n) is 1.89. The highest BCUT2D eigenvalue weighted by Crippen LogP contribution is 2.08. The molecule has 122 valence electrons. The molecule has 9 nitrogen and oxygen atoms in total. The number of urea groups is 1. The van der Waals surface area contributed by atoms with Crippen molar-refractivity contribution in [3.63, 3.8) is 0 Å². The van der Waals surface area contributed by atoms with Gasteiger partial charge < -0.3 is 25.2 Å². The van der Waals surface area contributed by atoms with Crippen LogP contribution >= 0.6 is 0 Å². The quantitative estimate of drug-likeness (QED) is 0.529. The van der Waals surface area contributed by atoms with Crippen molar-refractivity contribution in [2.45, 2.75) is 18.5 Å². The number of carboxylic acid groups (broad SMARTS) is 1. The van der Waals surface area contributed by atoms with E-state index < -0.39 is 33.9 Å². The molecule has 1 aliphatic rings. The zero-order valence-electron chi connectivity index (χ0n) is 11.7. The van der Waals surface area contributed by atoms with Gasteiger partial charge in [-0.25, -0.2) is 18.0 Å². The zero-order chi connectivity index (χ0) is 16.0. The summed E-state index contributed by atoms with van der Waals surface area (Å²) in [4.78, 5) is 24.4. The number of aliphatic hydroxyl groups excluding tert-OH is 1. The summed E-state index contributed by atoms with van der Waals surface area (Å²) in [7, 11) is -3.32. The van der Waals surface area contributed by atoms with Crippen molar-refractivity contribution in [1.82, 2.24) is 10.2 Å². The lowest BCUT2D eigenvalue weighted by molar-refractivity contribution is -0.139. The monoisotopic (exact) mass is 324 g/mol. The van der Waals surface area contributed by atoms with Crippen molar-refractivity contribution in [1.29, 1.82) is 0 Å². The van der Waals surface area contributed by atoms with Gasteiger partial charge in [0.1, 0.15) is 15.9 Å². The Kier molecular flexibility index (Phi) is 6.37. The van der Waals surface area contributed by atoms with Gasteiger partial charge in [0.15, 0.2) is 0 Å². The van der Waals surface area contributed by atoms with Crippen LogP contribution in [-0.2, 0) is 19.4 Å². The summed E-state index contributed by atoms with van der Waals surface area (Å²) in [6, 6.07) is -2.49. The maximum absolute atomic E-state index is 12.0. The number of hydrogen-bond acceptors (Lipinski definition) is 6. The number of carboxylic acids is 1. The van der Waals surface area contributed by atoms with Gasteiger partial charge >= 0.3 is 12.0 Å². The van der Waals surface area contributed by atoms with E-state index in [4.69, 9.17) is 14.9 Å². The molecular formula is C11H20N2O7S. The molecule has 0 aromatic carbocycles. The van der Waals surface area contributed by atoms with Gasteiger partial charge in [-0.1, -0.05) is 0 Å². The Hall–Kier alpha value is -1.39. The fourth-order valence-corrected chi connectivity index (χ4v) is 2.56. The van der Waals surface area contributed by atoms with Gasteiger partial charge in [0.2, 0.25) is 0 Å². The molecule has 0 aliphatic carbocycles. The van der Waals surface area contributed by atoms with E-state index in [0.717, 1.165) is 6.26 Å². The van der Waals surface area contributed by atoms with Crippen LogP contribution in [0.2, 0.25) is 0 Å². The molecule has 10 heteroatoms. The van der Waals surface area contributed by atoms with Crippen molar-refractivity contribution in [2.24, 2.45) is 0 Å². The Bertz CT molecular complexity index is 479. The molecule has 1 heterocycles. The van der Waals surface area contributed by atoms with Crippen LogP contribution in [0.15, 0.2) is 0 Å². The molecule has 2 atom stereocenters. The average Bonchev–Trinajstić information content (AvgIpc) is 2.41. The van der Waals surface area contributed by atoms with E-state index >= 15 is 0 Å². The van der Waals surface area contributed by atoms with Crippen LogP contribution in [0.1, 0.15) is 6.42 Å². The molecule has 2 amide bonds. The minimum absolute atomic E-state index is 0.172. The van der Waals surface area contributed by atoms with Crippen molar-refractivity contribution in [3.05, 3.63) is 0 Å². The number of hydrogen-bond donors (Lipinski definition) is 3. The molecule has 0 aromatic heterocycles. The first-order valence-electron chi connectivity index (χ1n) is 6.41. The van der Waals surface area contributed by atoms with Crippen LogP contribution in [0.25, 0.3) is 0 Å². The van der Waals surface area contributed by atoms with Crippen LogP contribution in [-0.4, -0.2) is 86.0 Å². The first kappa shape index (κ1) is 17.7. The molecule has 21 heavy (non-hydrogen) atoms. The molecule has 0 spiro atoms. The second-order valence-electron chi connectivity index (χ2n) is 4.86. The third-order valence-electron chi connectivity index (χ3n) is 3.07. The first-order valence-corrected chi connectivity index (χ1v) is 8.47. The van der Waals surface area contributed by atoms with Gasteiger partial charge in [0.25, 0.3) is 0 Å². The van der Waals surface area contributed by atoms with Gasteiger partial charge in [-0.3, -0.25) is 0 Å². The molecule has 1 rings (SSSR count). The highest BCUT2D eigenvalue weighted by atomic mass is 32.2. The van der Waals surface area contributed by atoms with E-state index in [1.54, 1.807) is 0 Å². The Balaban J connectivity index is 2.65. The predicted octanol–water partition coefficient (Wildman–Crippen LogP) is -1.72. The number of sulfone groups is 1. The number of morpholine rings is 1. The minimum atomic E-state index is -3.32. The molecule has 1 fully saturated rings. The van der Waals surface area contributed by atoms with Gasteiger partial charge in [-0.05, 0) is 6.42 Å². The maximum atomic E-state index is 12.0. The Morgan fingerprint density at radius 3 is 2.67 bits per heavy atom. The highest BCUT2D eigenvalue weighted by Gasteiger charge is 2.30. The number of nitrogens with one attached hydrogen (secondary N) is 1. The number of aliphatic carboxylic acids is 1. The number of rotatable bonds is 6. The maximum Gasteiger partial charge on any atom is 0.326 e. The van der Waals surface area contributed by atoms with Crippen molar-refractivity contribution in [2.75, 3.05) is 38.4 Å². The molecule has 2 unspecified atom stereocenters. The first-order chi connectivity index (χ1) is 9.74. The lowest BCUT2D eigenvalue weighted by atomic mass is 10.2. The summed E-state index contributed by atoms with van der Waals surface area (Å²) in [5, 5.41) is 20.5. The summed E-state index contributed by atoms with van der Waals surface area (Å²) in [6.45, 7) is 0.403. The molecule has 0 aromatic rings. The van der Waals surface area contributed by atoms with E-state index in [9.17, 15) is 18.0 Å². The molecule has 3 N–H and O–H groups in total. The summed E-state index contributed by atoms with van der Waals surface area (Å²) in [6.07, 6.45) is 0.783. The van der Waals surface area contributed by atoms with Crippen LogP contribution in [0, 0.1) is 0 Å². The van der Waals surface area contributed by atoms with Crippen LogP contribution in [0.3, 0.4) is 0 Å². The van der Waals surface area contributed by atoms with Crippen molar-refractivity contribution >= 4 is 21.8 Å². The van der Waals surface area contributed by atoms with E-state index in [-0.39, 0.29) is 31.9 Å². The fraction of sp³-hybridized carbons (Fsp3) is 0.818. The normalized spacial score (nSPS) is 20.9. The number of carbonyl (C=O) groups excluding carboxylic acids is 1. The molecule has 0 saturated carbocycles. The molecule has 1 aliphatic heterocycles. The Morgan fingerprint density at radius 1 is 1.48 bits per heavy atom. The summed E-state index contributed by atoms with van der Waals surface area (Å²) in [5.74, 6) is -1.64. The van der Waals surface area contributed by atoms with E-state index in [1.165, 1.54) is 4.90 Å². The van der Waals surface area contributed by atoms with Crippen LogP contribution < -0.4 is 5.32 Å². The number of carbonyl (C=O) groups is 2. The summed E-state index contributed by atoms with van der Waals surface area (Å²) < 4.78 is 27.3. The van der Waals surface area contributed by atoms with Crippen LogP contribution in [0.4, 0.5) is 4.79 Å². The standard InChI is InChI=1S/C11H20N2O7S/c1-21(18,19)5-2-9(10(15)16)12-11(17)13-3-4-20-7-8(13)6-14/h8-9,14H,2-7H2,1H3,(H,12,17)(H,15,16). The van der Waals surface area contributed by atoms with Gasteiger partial charge in [-0.2, -0.15) is 0 Å². The Labute approximate surface area is 122 Å². The van der Waals surface area contributed by atoms with Gasteiger partial charge in [-0.15, -0.1) is 0 Å². The minimum Gasteiger partial charge on any atom is -0.480 e. The third kappa shape index (κ3) is 5.86. The van der Waals surface area contributed by atoms with Gasteiger partial charge in [0.05, 0.1) is 31.6 Å². The van der Waals surface area contributed by atoms with Crippen LogP contribution in [0.5, 0.6) is 0 Å². The van der Waals surface area contributed by atoms with Crippen molar-refractivity contribution in [3.8, 4) is 0 Å². The SMILES string of the molecule is CS(=O)(=O)CCC(NC(=O)N1CCOCC1CO)C(=O)O. The lowest BCUT2D eigenvalue weighted by Gasteiger charge is -2.35. The zero-order valence-corrected chi connectivity index (χ0v) is 12.5. The number of amides is 2. The topological polar surface area (TPSA) is 133 Å². The second kappa shape index (κ2) is 7.57. The molecule has 0 bridgehead atoms. The molecule has 1 saturated heterocycles. The number of nitrogens with zero attached hydrogens (tertiary/aromatic N) is 1. The average molecular weight is 324 g/mol. The van der Waals surface area contributed by atoms with E-state index in [2.05, 4.69) is 5.32 Å². The van der Waals surface area contributed by atoms with Gasteiger partial charge in [0, 0.05) is 12.8 Å². The van der Waals surface area contributed by atoms with E-state index in [0.29, 0.717) is 6.61 Å². The van der Waals surface area contributed by atoms with E-state index in [1.807, 2.05) is 0 Å². The third-order valence-corrected chi connectivity index (χ3v) is 4.05. The van der Waals surface area contributed by atoms with Crippen molar-refractivity contribution < 1.29 is 33.0 Å². The Morgan fingerprint density at radius 2 is 2.14 bits per heavy atom. The number of ether oxygens (including phenoxy) is 1. The lowest BCUT2D eigenvalue weighted by Crippen LogP contribution is -2.56. The molecular weight excluding hydrogens is 304 g/mol. The number of aliphatic hydroxyl groups is 1. The smallest absolute Gasteiger partial charge is 0.326 e.